The molecule has 2 aromatic heterocycles. The third-order valence-corrected chi connectivity index (χ3v) is 3.98. The summed E-state index contributed by atoms with van der Waals surface area (Å²) in [6.07, 6.45) is 4.00. The quantitative estimate of drug-likeness (QED) is 0.828. The van der Waals surface area contributed by atoms with Crippen LogP contribution in [-0.2, 0) is 13.1 Å². The maximum Gasteiger partial charge on any atom is 0.254 e. The van der Waals surface area contributed by atoms with Crippen molar-refractivity contribution < 1.29 is 4.79 Å². The third-order valence-electron chi connectivity index (χ3n) is 3.05. The van der Waals surface area contributed by atoms with Gasteiger partial charge in [-0.15, -0.1) is 0 Å². The Balaban J connectivity index is 1.79. The van der Waals surface area contributed by atoms with Crippen LogP contribution in [-0.4, -0.2) is 32.0 Å². The van der Waals surface area contributed by atoms with E-state index in [-0.39, 0.29) is 5.91 Å². The molecule has 2 heterocycles. The molecule has 1 amide bonds. The van der Waals surface area contributed by atoms with Gasteiger partial charge in [-0.25, -0.2) is 0 Å². The Hall–Kier alpha value is -1.53. The number of carbonyl (C=O) groups is 1. The number of halogens is 2. The SMILES string of the molecule is CCn1cc(C(=O)NCCCn2nc(C)c(Cl)c2Cl)cn1. The fourth-order valence-electron chi connectivity index (χ4n) is 1.87. The summed E-state index contributed by atoms with van der Waals surface area (Å²) < 4.78 is 3.35. The van der Waals surface area contributed by atoms with Gasteiger partial charge < -0.3 is 5.32 Å². The lowest BCUT2D eigenvalue weighted by Gasteiger charge is -2.05. The molecule has 2 aromatic rings. The number of nitrogens with zero attached hydrogens (tertiary/aromatic N) is 4. The van der Waals surface area contributed by atoms with E-state index in [1.54, 1.807) is 28.7 Å². The molecular weight excluding hydrogens is 313 g/mol. The Morgan fingerprint density at radius 1 is 1.43 bits per heavy atom. The fraction of sp³-hybridized carbons (Fsp3) is 0.462. The molecule has 8 heteroatoms. The van der Waals surface area contributed by atoms with Crippen molar-refractivity contribution in [2.75, 3.05) is 6.54 Å². The Morgan fingerprint density at radius 2 is 2.19 bits per heavy atom. The van der Waals surface area contributed by atoms with Crippen LogP contribution in [0.1, 0.15) is 29.4 Å². The first-order valence-corrected chi connectivity index (χ1v) is 7.47. The van der Waals surface area contributed by atoms with E-state index in [0.29, 0.717) is 40.9 Å². The minimum Gasteiger partial charge on any atom is -0.352 e. The van der Waals surface area contributed by atoms with Crippen molar-refractivity contribution in [1.82, 2.24) is 24.9 Å². The van der Waals surface area contributed by atoms with Gasteiger partial charge in [0, 0.05) is 25.8 Å². The van der Waals surface area contributed by atoms with Crippen molar-refractivity contribution in [3.8, 4) is 0 Å². The summed E-state index contributed by atoms with van der Waals surface area (Å²) in [4.78, 5) is 11.9. The highest BCUT2D eigenvalue weighted by molar-refractivity contribution is 6.41. The van der Waals surface area contributed by atoms with Crippen LogP contribution in [0, 0.1) is 6.92 Å². The van der Waals surface area contributed by atoms with Crippen molar-refractivity contribution in [3.05, 3.63) is 33.8 Å². The highest BCUT2D eigenvalue weighted by atomic mass is 35.5. The zero-order valence-electron chi connectivity index (χ0n) is 11.9. The number of carbonyl (C=O) groups excluding carboxylic acids is 1. The molecule has 0 aliphatic heterocycles. The lowest BCUT2D eigenvalue weighted by Crippen LogP contribution is -2.25. The summed E-state index contributed by atoms with van der Waals surface area (Å²) in [5.41, 5.74) is 1.27. The standard InChI is InChI=1S/C13H17Cl2N5O/c1-3-19-8-10(7-17-19)13(21)16-5-4-6-20-12(15)11(14)9(2)18-20/h7-8H,3-6H2,1-2H3,(H,16,21). The monoisotopic (exact) mass is 329 g/mol. The Labute approximate surface area is 133 Å². The average molecular weight is 330 g/mol. The van der Waals surface area contributed by atoms with E-state index >= 15 is 0 Å². The normalized spacial score (nSPS) is 10.9. The van der Waals surface area contributed by atoms with Gasteiger partial charge >= 0.3 is 0 Å². The lowest BCUT2D eigenvalue weighted by molar-refractivity contribution is 0.0952. The van der Waals surface area contributed by atoms with Gasteiger partial charge in [0.05, 0.1) is 17.5 Å². The highest BCUT2D eigenvalue weighted by Gasteiger charge is 2.11. The topological polar surface area (TPSA) is 64.7 Å². The molecule has 1 N–H and O–H groups in total. The van der Waals surface area contributed by atoms with Crippen LogP contribution >= 0.6 is 23.2 Å². The summed E-state index contributed by atoms with van der Waals surface area (Å²) in [5.74, 6) is -0.129. The molecule has 114 valence electrons. The molecule has 0 bridgehead atoms. The van der Waals surface area contributed by atoms with Gasteiger partial charge in [0.1, 0.15) is 10.2 Å². The van der Waals surface area contributed by atoms with E-state index in [9.17, 15) is 4.79 Å². The van der Waals surface area contributed by atoms with Crippen LogP contribution in [0.25, 0.3) is 0 Å². The molecule has 0 aliphatic carbocycles. The first kappa shape index (κ1) is 15.9. The number of nitrogens with one attached hydrogen (secondary N) is 1. The number of aryl methyl sites for hydroxylation is 3. The number of rotatable bonds is 6. The van der Waals surface area contributed by atoms with Gasteiger partial charge in [0.25, 0.3) is 5.91 Å². The smallest absolute Gasteiger partial charge is 0.254 e. The molecular formula is C13H17Cl2N5O. The zero-order valence-corrected chi connectivity index (χ0v) is 13.4. The molecule has 21 heavy (non-hydrogen) atoms. The average Bonchev–Trinajstić information content (AvgIpc) is 3.05. The zero-order chi connectivity index (χ0) is 15.4. The molecule has 6 nitrogen and oxygen atoms in total. The van der Waals surface area contributed by atoms with Crippen LogP contribution < -0.4 is 5.32 Å². The van der Waals surface area contributed by atoms with Gasteiger partial charge in [0.2, 0.25) is 0 Å². The summed E-state index contributed by atoms with van der Waals surface area (Å²) >= 11 is 12.0. The second-order valence-electron chi connectivity index (χ2n) is 4.61. The third kappa shape index (κ3) is 3.77. The molecule has 0 aromatic carbocycles. The van der Waals surface area contributed by atoms with E-state index in [1.165, 1.54) is 0 Å². The maximum atomic E-state index is 11.9. The minimum atomic E-state index is -0.129. The Kier molecular flexibility index (Phi) is 5.25. The van der Waals surface area contributed by atoms with Gasteiger partial charge in [-0.3, -0.25) is 14.2 Å². The maximum absolute atomic E-state index is 11.9. The van der Waals surface area contributed by atoms with Crippen molar-refractivity contribution in [1.29, 1.82) is 0 Å². The number of hydrogen-bond acceptors (Lipinski definition) is 3. The molecule has 0 saturated carbocycles. The van der Waals surface area contributed by atoms with Gasteiger partial charge in [-0.2, -0.15) is 10.2 Å². The van der Waals surface area contributed by atoms with E-state index in [2.05, 4.69) is 15.5 Å². The Morgan fingerprint density at radius 3 is 2.76 bits per heavy atom. The van der Waals surface area contributed by atoms with Crippen LogP contribution in [0.4, 0.5) is 0 Å². The number of amides is 1. The molecule has 0 radical (unpaired) electrons. The van der Waals surface area contributed by atoms with E-state index in [0.717, 1.165) is 6.54 Å². The predicted molar refractivity (Wildman–Crippen MR) is 81.8 cm³/mol. The molecule has 0 aliphatic rings. The molecule has 0 saturated heterocycles. The number of hydrogen-bond donors (Lipinski definition) is 1. The van der Waals surface area contributed by atoms with E-state index < -0.39 is 0 Å². The van der Waals surface area contributed by atoms with Gasteiger partial charge in [0.15, 0.2) is 0 Å². The molecule has 2 rings (SSSR count). The molecule has 0 atom stereocenters. The minimum absolute atomic E-state index is 0.129. The largest absolute Gasteiger partial charge is 0.352 e. The fourth-order valence-corrected chi connectivity index (χ4v) is 2.26. The van der Waals surface area contributed by atoms with Crippen molar-refractivity contribution >= 4 is 29.1 Å². The van der Waals surface area contributed by atoms with Crippen LogP contribution in [0.15, 0.2) is 12.4 Å². The summed E-state index contributed by atoms with van der Waals surface area (Å²) in [6, 6.07) is 0. The Bertz CT molecular complexity index is 635. The summed E-state index contributed by atoms with van der Waals surface area (Å²) in [5, 5.41) is 12.0. The molecule has 0 fully saturated rings. The van der Waals surface area contributed by atoms with Gasteiger partial charge in [-0.05, 0) is 20.3 Å². The van der Waals surface area contributed by atoms with Crippen LogP contribution in [0.5, 0.6) is 0 Å². The second kappa shape index (κ2) is 6.95. The van der Waals surface area contributed by atoms with Crippen LogP contribution in [0.2, 0.25) is 10.2 Å². The molecule has 0 unspecified atom stereocenters. The van der Waals surface area contributed by atoms with Crippen molar-refractivity contribution in [2.24, 2.45) is 0 Å². The highest BCUT2D eigenvalue weighted by Crippen LogP contribution is 2.24. The first-order valence-electron chi connectivity index (χ1n) is 6.72. The number of aromatic nitrogens is 4. The van der Waals surface area contributed by atoms with Crippen molar-refractivity contribution in [2.45, 2.75) is 33.4 Å². The summed E-state index contributed by atoms with van der Waals surface area (Å²) in [7, 11) is 0. The first-order chi connectivity index (χ1) is 10.0. The van der Waals surface area contributed by atoms with Gasteiger partial charge in [-0.1, -0.05) is 23.2 Å². The lowest BCUT2D eigenvalue weighted by atomic mass is 10.3. The van der Waals surface area contributed by atoms with Crippen molar-refractivity contribution in [3.63, 3.8) is 0 Å². The second-order valence-corrected chi connectivity index (χ2v) is 5.34. The van der Waals surface area contributed by atoms with Crippen LogP contribution in [0.3, 0.4) is 0 Å². The van der Waals surface area contributed by atoms with E-state index in [4.69, 9.17) is 23.2 Å². The molecule has 0 spiro atoms. The summed E-state index contributed by atoms with van der Waals surface area (Å²) in [6.45, 7) is 5.64. The predicted octanol–water partition coefficient (Wildman–Crippen LogP) is 2.53. The van der Waals surface area contributed by atoms with E-state index in [1.807, 2.05) is 6.92 Å².